The minimum atomic E-state index is -0.428. The van der Waals surface area contributed by atoms with E-state index in [1.54, 1.807) is 18.0 Å². The van der Waals surface area contributed by atoms with Gasteiger partial charge >= 0.3 is 0 Å². The Morgan fingerprint density at radius 3 is 3.05 bits per heavy atom. The van der Waals surface area contributed by atoms with E-state index < -0.39 is 4.92 Å². The SMILES string of the molecule is CNC(=S)N=C1SCCN1c1cc(Cl)ccc1[N+](=O)[O-]. The van der Waals surface area contributed by atoms with Gasteiger partial charge in [-0.25, -0.2) is 0 Å². The molecule has 20 heavy (non-hydrogen) atoms. The third-order valence-electron chi connectivity index (χ3n) is 2.61. The third-order valence-corrected chi connectivity index (χ3v) is 4.10. The Labute approximate surface area is 130 Å². The van der Waals surface area contributed by atoms with Crippen LogP contribution in [0.3, 0.4) is 0 Å². The molecule has 1 saturated heterocycles. The summed E-state index contributed by atoms with van der Waals surface area (Å²) in [5.74, 6) is 0.787. The summed E-state index contributed by atoms with van der Waals surface area (Å²) in [6.45, 7) is 0.622. The van der Waals surface area contributed by atoms with Gasteiger partial charge < -0.3 is 10.2 Å². The Bertz CT molecular complexity index is 594. The summed E-state index contributed by atoms with van der Waals surface area (Å²) >= 11 is 12.5. The fourth-order valence-electron chi connectivity index (χ4n) is 1.73. The smallest absolute Gasteiger partial charge is 0.293 e. The van der Waals surface area contributed by atoms with Crippen LogP contribution in [0.5, 0.6) is 0 Å². The molecule has 0 amide bonds. The fourth-order valence-corrected chi connectivity index (χ4v) is 3.00. The van der Waals surface area contributed by atoms with Crippen molar-refractivity contribution in [2.24, 2.45) is 4.99 Å². The molecule has 6 nitrogen and oxygen atoms in total. The lowest BCUT2D eigenvalue weighted by molar-refractivity contribution is -0.384. The van der Waals surface area contributed by atoms with Crippen molar-refractivity contribution >= 4 is 57.2 Å². The molecule has 0 unspecified atom stereocenters. The number of nitrogens with zero attached hydrogens (tertiary/aromatic N) is 3. The molecule has 1 heterocycles. The molecule has 9 heteroatoms. The van der Waals surface area contributed by atoms with E-state index in [4.69, 9.17) is 23.8 Å². The number of hydrogen-bond donors (Lipinski definition) is 1. The van der Waals surface area contributed by atoms with E-state index in [2.05, 4.69) is 10.3 Å². The summed E-state index contributed by atoms with van der Waals surface area (Å²) in [5.41, 5.74) is 0.435. The number of nitrogens with one attached hydrogen (secondary N) is 1. The molecule has 1 N–H and O–H groups in total. The summed E-state index contributed by atoms with van der Waals surface area (Å²) in [6, 6.07) is 4.47. The predicted molar refractivity (Wildman–Crippen MR) is 87.0 cm³/mol. The van der Waals surface area contributed by atoms with Gasteiger partial charge in [-0.2, -0.15) is 4.99 Å². The zero-order valence-electron chi connectivity index (χ0n) is 10.5. The lowest BCUT2D eigenvalue weighted by Gasteiger charge is -2.18. The minimum Gasteiger partial charge on any atom is -0.364 e. The van der Waals surface area contributed by atoms with Gasteiger partial charge in [-0.05, 0) is 24.4 Å². The Balaban J connectivity index is 2.44. The van der Waals surface area contributed by atoms with Crippen molar-refractivity contribution < 1.29 is 4.92 Å². The third kappa shape index (κ3) is 3.20. The molecule has 0 spiro atoms. The standard InChI is InChI=1S/C11H11ClN4O2S2/c1-13-10(19)14-11-15(4-5-20-11)9-6-7(12)2-3-8(9)16(17)18/h2-3,6H,4-5H2,1H3,(H,13,19). The average Bonchev–Trinajstić information content (AvgIpc) is 2.86. The highest BCUT2D eigenvalue weighted by Crippen LogP contribution is 2.35. The molecule has 2 rings (SSSR count). The van der Waals surface area contributed by atoms with Crippen LogP contribution in [0.2, 0.25) is 5.02 Å². The second-order valence-corrected chi connectivity index (χ2v) is 5.72. The summed E-state index contributed by atoms with van der Waals surface area (Å²) in [4.78, 5) is 16.7. The molecular formula is C11H11ClN4O2S2. The molecule has 1 aliphatic rings. The number of halogens is 1. The van der Waals surface area contributed by atoms with E-state index in [-0.39, 0.29) is 5.69 Å². The number of nitro benzene ring substituents is 1. The maximum atomic E-state index is 11.1. The van der Waals surface area contributed by atoms with E-state index >= 15 is 0 Å². The molecular weight excluding hydrogens is 320 g/mol. The van der Waals surface area contributed by atoms with E-state index in [0.717, 1.165) is 5.75 Å². The van der Waals surface area contributed by atoms with Gasteiger partial charge in [-0.3, -0.25) is 10.1 Å². The molecule has 1 fully saturated rings. The molecule has 0 aliphatic carbocycles. The summed E-state index contributed by atoms with van der Waals surface area (Å²) in [7, 11) is 1.68. The van der Waals surface area contributed by atoms with Gasteiger partial charge in [0.2, 0.25) is 0 Å². The average molecular weight is 331 g/mol. The number of thioether (sulfide) groups is 1. The first-order valence-corrected chi connectivity index (χ1v) is 7.45. The summed E-state index contributed by atoms with van der Waals surface area (Å²) in [6.07, 6.45) is 0. The maximum absolute atomic E-state index is 11.1. The summed E-state index contributed by atoms with van der Waals surface area (Å²) in [5, 5.41) is 15.3. The number of thiocarbonyl (C=S) groups is 1. The highest BCUT2D eigenvalue weighted by Gasteiger charge is 2.28. The highest BCUT2D eigenvalue weighted by atomic mass is 35.5. The Morgan fingerprint density at radius 2 is 2.40 bits per heavy atom. The summed E-state index contributed by atoms with van der Waals surface area (Å²) < 4.78 is 0. The van der Waals surface area contributed by atoms with Crippen LogP contribution in [0, 0.1) is 10.1 Å². The minimum absolute atomic E-state index is 0.0000222. The first kappa shape index (κ1) is 15.0. The van der Waals surface area contributed by atoms with Gasteiger partial charge in [-0.1, -0.05) is 23.4 Å². The zero-order valence-corrected chi connectivity index (χ0v) is 12.9. The molecule has 1 aromatic rings. The Kier molecular flexibility index (Phi) is 4.79. The van der Waals surface area contributed by atoms with Crippen molar-refractivity contribution in [1.29, 1.82) is 0 Å². The first-order valence-electron chi connectivity index (χ1n) is 5.67. The van der Waals surface area contributed by atoms with E-state index in [1.165, 1.54) is 23.9 Å². The van der Waals surface area contributed by atoms with E-state index in [0.29, 0.717) is 27.5 Å². The van der Waals surface area contributed by atoms with Crippen LogP contribution in [-0.4, -0.2) is 34.5 Å². The molecule has 106 valence electrons. The van der Waals surface area contributed by atoms with Crippen molar-refractivity contribution in [1.82, 2.24) is 5.32 Å². The van der Waals surface area contributed by atoms with Crippen LogP contribution < -0.4 is 10.2 Å². The van der Waals surface area contributed by atoms with Crippen LogP contribution in [0.1, 0.15) is 0 Å². The highest BCUT2D eigenvalue weighted by molar-refractivity contribution is 8.14. The number of benzene rings is 1. The number of hydrogen-bond acceptors (Lipinski definition) is 4. The van der Waals surface area contributed by atoms with Crippen LogP contribution >= 0.6 is 35.6 Å². The van der Waals surface area contributed by atoms with Crippen LogP contribution in [0.15, 0.2) is 23.2 Å². The molecule has 0 saturated carbocycles. The quantitative estimate of drug-likeness (QED) is 0.510. The van der Waals surface area contributed by atoms with Crippen molar-refractivity contribution in [3.05, 3.63) is 33.3 Å². The van der Waals surface area contributed by atoms with Gasteiger partial charge in [0.1, 0.15) is 5.69 Å². The van der Waals surface area contributed by atoms with Crippen LogP contribution in [0.25, 0.3) is 0 Å². The molecule has 0 radical (unpaired) electrons. The molecule has 0 atom stereocenters. The topological polar surface area (TPSA) is 70.8 Å². The predicted octanol–water partition coefficient (Wildman–Crippen LogP) is 2.66. The molecule has 0 aromatic heterocycles. The molecule has 0 bridgehead atoms. The van der Waals surface area contributed by atoms with Gasteiger partial charge in [-0.15, -0.1) is 0 Å². The van der Waals surface area contributed by atoms with Gasteiger partial charge in [0, 0.05) is 30.4 Å². The van der Waals surface area contributed by atoms with Crippen molar-refractivity contribution in [2.45, 2.75) is 0 Å². The second kappa shape index (κ2) is 6.38. The van der Waals surface area contributed by atoms with Crippen molar-refractivity contribution in [2.75, 3.05) is 24.2 Å². The first-order chi connectivity index (χ1) is 9.52. The van der Waals surface area contributed by atoms with Crippen molar-refractivity contribution in [3.8, 4) is 0 Å². The second-order valence-electron chi connectivity index (χ2n) is 3.84. The lowest BCUT2D eigenvalue weighted by Crippen LogP contribution is -2.27. The lowest BCUT2D eigenvalue weighted by atomic mass is 10.2. The van der Waals surface area contributed by atoms with E-state index in [1.807, 2.05) is 0 Å². The zero-order chi connectivity index (χ0) is 14.7. The molecule has 1 aromatic carbocycles. The number of nitro groups is 1. The van der Waals surface area contributed by atoms with Crippen LogP contribution in [0.4, 0.5) is 11.4 Å². The Hall–Kier alpha value is -1.38. The largest absolute Gasteiger partial charge is 0.364 e. The monoisotopic (exact) mass is 330 g/mol. The molecule has 1 aliphatic heterocycles. The normalized spacial score (nSPS) is 16.5. The maximum Gasteiger partial charge on any atom is 0.293 e. The number of anilines is 1. The number of amidine groups is 1. The van der Waals surface area contributed by atoms with Gasteiger partial charge in [0.25, 0.3) is 5.69 Å². The number of aliphatic imine (C=N–C) groups is 1. The van der Waals surface area contributed by atoms with Gasteiger partial charge in [0.15, 0.2) is 10.3 Å². The van der Waals surface area contributed by atoms with E-state index in [9.17, 15) is 10.1 Å². The van der Waals surface area contributed by atoms with Crippen molar-refractivity contribution in [3.63, 3.8) is 0 Å². The Morgan fingerprint density at radius 1 is 1.65 bits per heavy atom. The van der Waals surface area contributed by atoms with Crippen LogP contribution in [-0.2, 0) is 0 Å². The fraction of sp³-hybridized carbons (Fsp3) is 0.273. The van der Waals surface area contributed by atoms with Gasteiger partial charge in [0.05, 0.1) is 4.92 Å². The number of rotatable bonds is 2.